The number of rotatable bonds is 9. The molecule has 0 aliphatic carbocycles. The number of nitrogens with one attached hydrogen (secondary N) is 1. The van der Waals surface area contributed by atoms with Crippen LogP contribution < -0.4 is 15.0 Å². The van der Waals surface area contributed by atoms with Crippen molar-refractivity contribution in [2.45, 2.75) is 32.4 Å². The highest BCUT2D eigenvalue weighted by Crippen LogP contribution is 2.29. The second-order valence-electron chi connectivity index (χ2n) is 8.06. The minimum Gasteiger partial charge on any atom is -0.494 e. The van der Waals surface area contributed by atoms with Crippen molar-refractivity contribution in [3.8, 4) is 5.75 Å². The Morgan fingerprint density at radius 2 is 1.77 bits per heavy atom. The van der Waals surface area contributed by atoms with E-state index in [0.29, 0.717) is 34.7 Å². The summed E-state index contributed by atoms with van der Waals surface area (Å²) in [4.78, 5) is 33.7. The Morgan fingerprint density at radius 3 is 2.43 bits per heavy atom. The Labute approximate surface area is 214 Å². The van der Waals surface area contributed by atoms with Gasteiger partial charge in [-0.2, -0.15) is 0 Å². The standard InChI is InChI=1S/C26H25ClN4O3S/c1-2-15-34-22-9-5-20(6-10-22)29-24(32)16-23-25(33)31(21-7-3-19(27)4-8-21)26(35)30(23)17-18-11-13-28-14-12-18/h3-14,23H,2,15-17H2,1H3,(H,29,32)/t23-/m1/s1. The molecule has 0 spiro atoms. The first-order chi connectivity index (χ1) is 17.0. The van der Waals surface area contributed by atoms with Gasteiger partial charge in [0, 0.05) is 29.6 Å². The van der Waals surface area contributed by atoms with Crippen molar-refractivity contribution in [1.29, 1.82) is 0 Å². The van der Waals surface area contributed by atoms with Gasteiger partial charge in [-0.15, -0.1) is 0 Å². The monoisotopic (exact) mass is 508 g/mol. The van der Waals surface area contributed by atoms with E-state index < -0.39 is 6.04 Å². The third-order valence-electron chi connectivity index (χ3n) is 5.50. The average Bonchev–Trinajstić information content (AvgIpc) is 3.08. The predicted molar refractivity (Wildman–Crippen MR) is 141 cm³/mol. The number of carbonyl (C=O) groups excluding carboxylic acids is 2. The van der Waals surface area contributed by atoms with E-state index >= 15 is 0 Å². The highest BCUT2D eigenvalue weighted by atomic mass is 35.5. The van der Waals surface area contributed by atoms with Gasteiger partial charge in [0.1, 0.15) is 11.8 Å². The number of pyridine rings is 1. The lowest BCUT2D eigenvalue weighted by atomic mass is 10.1. The molecular formula is C26H25ClN4O3S. The number of amides is 2. The summed E-state index contributed by atoms with van der Waals surface area (Å²) >= 11 is 11.7. The fourth-order valence-electron chi connectivity index (χ4n) is 3.77. The fraction of sp³-hybridized carbons (Fsp3) is 0.231. The Bertz CT molecular complexity index is 1190. The van der Waals surface area contributed by atoms with Gasteiger partial charge in [0.25, 0.3) is 5.91 Å². The van der Waals surface area contributed by atoms with E-state index in [1.807, 2.05) is 19.1 Å². The van der Waals surface area contributed by atoms with Gasteiger partial charge in [-0.3, -0.25) is 19.5 Å². The number of ether oxygens (including phenoxy) is 1. The van der Waals surface area contributed by atoms with Crippen molar-refractivity contribution >= 4 is 52.1 Å². The van der Waals surface area contributed by atoms with Crippen molar-refractivity contribution in [3.05, 3.63) is 83.6 Å². The fourth-order valence-corrected chi connectivity index (χ4v) is 4.28. The molecule has 1 aliphatic heterocycles. The summed E-state index contributed by atoms with van der Waals surface area (Å²) in [6.07, 6.45) is 4.23. The van der Waals surface area contributed by atoms with Crippen molar-refractivity contribution in [1.82, 2.24) is 9.88 Å². The molecule has 1 saturated heterocycles. The third kappa shape index (κ3) is 5.96. The molecule has 0 bridgehead atoms. The zero-order valence-corrected chi connectivity index (χ0v) is 20.8. The largest absolute Gasteiger partial charge is 0.494 e. The first-order valence-electron chi connectivity index (χ1n) is 11.3. The number of aromatic nitrogens is 1. The van der Waals surface area contributed by atoms with Gasteiger partial charge >= 0.3 is 0 Å². The van der Waals surface area contributed by atoms with Crippen molar-refractivity contribution < 1.29 is 14.3 Å². The van der Waals surface area contributed by atoms with Crippen LogP contribution in [0.5, 0.6) is 5.75 Å². The molecule has 0 saturated carbocycles. The summed E-state index contributed by atoms with van der Waals surface area (Å²) in [5.41, 5.74) is 2.16. The number of benzene rings is 2. The van der Waals surface area contributed by atoms with Crippen molar-refractivity contribution in [2.24, 2.45) is 0 Å². The molecule has 3 aromatic rings. The Kier molecular flexibility index (Phi) is 7.94. The molecule has 9 heteroatoms. The summed E-state index contributed by atoms with van der Waals surface area (Å²) in [6, 6.07) is 17.0. The van der Waals surface area contributed by atoms with Gasteiger partial charge in [0.15, 0.2) is 5.11 Å². The summed E-state index contributed by atoms with van der Waals surface area (Å²) in [5, 5.41) is 3.77. The van der Waals surface area contributed by atoms with Crippen LogP contribution in [-0.2, 0) is 16.1 Å². The molecule has 35 heavy (non-hydrogen) atoms. The zero-order valence-electron chi connectivity index (χ0n) is 19.2. The van der Waals surface area contributed by atoms with Crippen LogP contribution in [0.15, 0.2) is 73.1 Å². The van der Waals surface area contributed by atoms with Crippen LogP contribution in [0.2, 0.25) is 5.02 Å². The van der Waals surface area contributed by atoms with Crippen LogP contribution in [0.4, 0.5) is 11.4 Å². The summed E-state index contributed by atoms with van der Waals surface area (Å²) in [6.45, 7) is 3.04. The van der Waals surface area contributed by atoms with E-state index in [1.54, 1.807) is 65.8 Å². The Hall–Kier alpha value is -3.49. The Morgan fingerprint density at radius 1 is 1.09 bits per heavy atom. The summed E-state index contributed by atoms with van der Waals surface area (Å²) in [5.74, 6) is 0.194. The second-order valence-corrected chi connectivity index (χ2v) is 8.86. The molecule has 2 aromatic carbocycles. The lowest BCUT2D eigenvalue weighted by Crippen LogP contribution is -2.37. The van der Waals surface area contributed by atoms with Gasteiger partial charge in [-0.1, -0.05) is 18.5 Å². The summed E-state index contributed by atoms with van der Waals surface area (Å²) < 4.78 is 5.58. The van der Waals surface area contributed by atoms with E-state index in [9.17, 15) is 9.59 Å². The third-order valence-corrected chi connectivity index (χ3v) is 6.16. The molecule has 2 heterocycles. The number of hydrogen-bond acceptors (Lipinski definition) is 5. The van der Waals surface area contributed by atoms with E-state index in [1.165, 1.54) is 4.90 Å². The van der Waals surface area contributed by atoms with Crippen molar-refractivity contribution in [3.63, 3.8) is 0 Å². The lowest BCUT2D eigenvalue weighted by Gasteiger charge is -2.24. The first kappa shape index (κ1) is 24.6. The van der Waals surface area contributed by atoms with Crippen molar-refractivity contribution in [2.75, 3.05) is 16.8 Å². The van der Waals surface area contributed by atoms with Crippen LogP contribution in [0.3, 0.4) is 0 Å². The molecule has 4 rings (SSSR count). The maximum Gasteiger partial charge on any atom is 0.256 e. The summed E-state index contributed by atoms with van der Waals surface area (Å²) in [7, 11) is 0. The van der Waals surface area contributed by atoms with Gasteiger partial charge in [-0.25, -0.2) is 0 Å². The normalized spacial score (nSPS) is 15.4. The van der Waals surface area contributed by atoms with Gasteiger partial charge in [0.2, 0.25) is 5.91 Å². The first-order valence-corrected chi connectivity index (χ1v) is 12.1. The smallest absolute Gasteiger partial charge is 0.256 e. The zero-order chi connectivity index (χ0) is 24.8. The predicted octanol–water partition coefficient (Wildman–Crippen LogP) is 5.05. The topological polar surface area (TPSA) is 74.8 Å². The molecular weight excluding hydrogens is 484 g/mol. The van der Waals surface area contributed by atoms with Crippen LogP contribution in [0.1, 0.15) is 25.3 Å². The number of carbonyl (C=O) groups is 2. The van der Waals surface area contributed by atoms with E-state index in [-0.39, 0.29) is 18.2 Å². The van der Waals surface area contributed by atoms with E-state index in [2.05, 4.69) is 10.3 Å². The molecule has 1 aromatic heterocycles. The van der Waals surface area contributed by atoms with Gasteiger partial charge in [-0.05, 0) is 84.9 Å². The molecule has 180 valence electrons. The average molecular weight is 509 g/mol. The highest BCUT2D eigenvalue weighted by molar-refractivity contribution is 7.80. The lowest BCUT2D eigenvalue weighted by molar-refractivity contribution is -0.124. The SMILES string of the molecule is CCCOc1ccc(NC(=O)C[C@@H]2C(=O)N(c3ccc(Cl)cc3)C(=S)N2Cc2ccncc2)cc1. The van der Waals surface area contributed by atoms with Crippen LogP contribution in [0, 0.1) is 0 Å². The highest BCUT2D eigenvalue weighted by Gasteiger charge is 2.44. The van der Waals surface area contributed by atoms with Crippen LogP contribution in [0.25, 0.3) is 0 Å². The number of thiocarbonyl (C=S) groups is 1. The molecule has 7 nitrogen and oxygen atoms in total. The van der Waals surface area contributed by atoms with Gasteiger partial charge < -0.3 is 15.0 Å². The number of nitrogens with zero attached hydrogens (tertiary/aromatic N) is 3. The Balaban J connectivity index is 1.52. The maximum atomic E-state index is 13.5. The number of hydrogen-bond donors (Lipinski definition) is 1. The molecule has 1 atom stereocenters. The maximum absolute atomic E-state index is 13.5. The minimum absolute atomic E-state index is 0.0533. The molecule has 2 amide bonds. The minimum atomic E-state index is -0.751. The van der Waals surface area contributed by atoms with E-state index in [0.717, 1.165) is 17.7 Å². The van der Waals surface area contributed by atoms with E-state index in [4.69, 9.17) is 28.6 Å². The molecule has 0 unspecified atom stereocenters. The quantitative estimate of drug-likeness (QED) is 0.407. The van der Waals surface area contributed by atoms with Gasteiger partial charge in [0.05, 0.1) is 18.7 Å². The number of halogens is 1. The van der Waals surface area contributed by atoms with Crippen LogP contribution >= 0.6 is 23.8 Å². The molecule has 1 fully saturated rings. The molecule has 1 N–H and O–H groups in total. The number of anilines is 2. The van der Waals surface area contributed by atoms with Crippen LogP contribution in [-0.4, -0.2) is 39.5 Å². The second kappa shape index (κ2) is 11.3. The molecule has 0 radical (unpaired) electrons. The molecule has 1 aliphatic rings.